The molecule has 0 aliphatic heterocycles. The lowest BCUT2D eigenvalue weighted by molar-refractivity contribution is 0.316. The average Bonchev–Trinajstić information content (AvgIpc) is 2.90. The molecule has 3 N–H and O–H groups in total. The molecule has 1 aliphatic carbocycles. The van der Waals surface area contributed by atoms with E-state index < -0.39 is 0 Å². The monoisotopic (exact) mass is 274 g/mol. The highest BCUT2D eigenvalue weighted by molar-refractivity contribution is 7.10. The van der Waals surface area contributed by atoms with E-state index in [0.29, 0.717) is 18.1 Å². The van der Waals surface area contributed by atoms with E-state index in [1.54, 1.807) is 11.3 Å². The van der Waals surface area contributed by atoms with Crippen molar-refractivity contribution in [2.45, 2.75) is 25.7 Å². The van der Waals surface area contributed by atoms with Crippen molar-refractivity contribution in [2.75, 3.05) is 5.73 Å². The van der Waals surface area contributed by atoms with Crippen LogP contribution in [-0.4, -0.2) is 20.9 Å². The maximum absolute atomic E-state index is 9.25. The molecule has 6 heteroatoms. The van der Waals surface area contributed by atoms with Gasteiger partial charge in [-0.25, -0.2) is 9.97 Å². The summed E-state index contributed by atoms with van der Waals surface area (Å²) in [7, 11) is 0. The predicted molar refractivity (Wildman–Crippen MR) is 74.9 cm³/mol. The molecule has 0 saturated carbocycles. The van der Waals surface area contributed by atoms with Gasteiger partial charge in [0.2, 0.25) is 5.95 Å². The van der Waals surface area contributed by atoms with E-state index in [4.69, 9.17) is 5.73 Å². The van der Waals surface area contributed by atoms with Gasteiger partial charge in [-0.1, -0.05) is 11.2 Å². The van der Waals surface area contributed by atoms with E-state index in [0.717, 1.165) is 23.4 Å². The number of thiophene rings is 1. The Morgan fingerprint density at radius 2 is 2.26 bits per heavy atom. The van der Waals surface area contributed by atoms with Crippen molar-refractivity contribution in [3.8, 4) is 0 Å². The van der Waals surface area contributed by atoms with E-state index in [2.05, 4.69) is 26.6 Å². The summed E-state index contributed by atoms with van der Waals surface area (Å²) in [4.78, 5) is 9.74. The van der Waals surface area contributed by atoms with Crippen LogP contribution in [0.2, 0.25) is 0 Å². The molecule has 3 rings (SSSR count). The van der Waals surface area contributed by atoms with Crippen LogP contribution in [0.3, 0.4) is 0 Å². The second-order valence-electron chi connectivity index (χ2n) is 4.66. The molecule has 0 amide bonds. The lowest BCUT2D eigenvalue weighted by Gasteiger charge is -2.24. The molecule has 0 spiro atoms. The number of nitrogens with two attached hydrogens (primary N) is 1. The summed E-state index contributed by atoms with van der Waals surface area (Å²) < 4.78 is 0. The zero-order valence-electron chi connectivity index (χ0n) is 10.5. The first-order valence-electron chi connectivity index (χ1n) is 6.06. The van der Waals surface area contributed by atoms with Crippen LogP contribution < -0.4 is 5.73 Å². The van der Waals surface area contributed by atoms with Crippen molar-refractivity contribution in [1.29, 1.82) is 0 Å². The minimum Gasteiger partial charge on any atom is -0.411 e. The minimum atomic E-state index is 0.278. The number of rotatable bonds is 1. The Morgan fingerprint density at radius 1 is 1.42 bits per heavy atom. The third-order valence-corrected chi connectivity index (χ3v) is 4.45. The lowest BCUT2D eigenvalue weighted by Crippen LogP contribution is -2.23. The number of fused-ring (bicyclic) bond motifs is 1. The lowest BCUT2D eigenvalue weighted by atomic mass is 9.84. The Morgan fingerprint density at radius 3 is 2.95 bits per heavy atom. The Kier molecular flexibility index (Phi) is 2.94. The molecule has 1 aliphatic rings. The van der Waals surface area contributed by atoms with Crippen molar-refractivity contribution < 1.29 is 5.21 Å². The van der Waals surface area contributed by atoms with Gasteiger partial charge in [-0.05, 0) is 24.8 Å². The Bertz CT molecular complexity index is 636. The van der Waals surface area contributed by atoms with Crippen molar-refractivity contribution in [3.05, 3.63) is 39.3 Å². The van der Waals surface area contributed by atoms with Crippen LogP contribution in [-0.2, 0) is 6.42 Å². The molecule has 2 aromatic rings. The first-order chi connectivity index (χ1) is 9.19. The number of nitrogen functional groups attached to an aromatic ring is 1. The fourth-order valence-electron chi connectivity index (χ4n) is 2.64. The first-order valence-corrected chi connectivity index (χ1v) is 6.94. The van der Waals surface area contributed by atoms with E-state index >= 15 is 0 Å². The summed E-state index contributed by atoms with van der Waals surface area (Å²) >= 11 is 1.71. The third kappa shape index (κ3) is 2.08. The van der Waals surface area contributed by atoms with Gasteiger partial charge >= 0.3 is 0 Å². The van der Waals surface area contributed by atoms with Gasteiger partial charge in [0.15, 0.2) is 0 Å². The van der Waals surface area contributed by atoms with E-state index in [-0.39, 0.29) is 5.95 Å². The second kappa shape index (κ2) is 4.62. The molecule has 5 nitrogen and oxygen atoms in total. The van der Waals surface area contributed by atoms with Crippen LogP contribution in [0.5, 0.6) is 0 Å². The summed E-state index contributed by atoms with van der Waals surface area (Å²) in [5.74, 6) is 0.576. The van der Waals surface area contributed by atoms with Crippen molar-refractivity contribution in [2.24, 2.45) is 5.16 Å². The van der Waals surface area contributed by atoms with Gasteiger partial charge in [-0.2, -0.15) is 0 Å². The second-order valence-corrected chi connectivity index (χ2v) is 5.64. The maximum Gasteiger partial charge on any atom is 0.220 e. The van der Waals surface area contributed by atoms with Gasteiger partial charge in [0.05, 0.1) is 17.1 Å². The van der Waals surface area contributed by atoms with Gasteiger partial charge < -0.3 is 10.9 Å². The van der Waals surface area contributed by atoms with Gasteiger partial charge in [0.1, 0.15) is 0 Å². The van der Waals surface area contributed by atoms with Crippen LogP contribution in [0.4, 0.5) is 5.95 Å². The zero-order chi connectivity index (χ0) is 13.4. The quantitative estimate of drug-likeness (QED) is 0.617. The minimum absolute atomic E-state index is 0.278. The molecule has 2 heterocycles. The molecule has 98 valence electrons. The molecule has 1 unspecified atom stereocenters. The standard InChI is InChI=1S/C13H14N4OS/c1-7-12-9(16-13(14)15-7)5-8(6-10(12)17-18)11-3-2-4-19-11/h2-4,8,18H,5-6H2,1H3,(H2,14,15,16)/b17-10+. The normalized spacial score (nSPS) is 20.5. The largest absolute Gasteiger partial charge is 0.411 e. The number of oxime groups is 1. The summed E-state index contributed by atoms with van der Waals surface area (Å²) in [6, 6.07) is 4.14. The predicted octanol–water partition coefficient (Wildman–Crippen LogP) is 2.34. The smallest absolute Gasteiger partial charge is 0.220 e. The molecule has 19 heavy (non-hydrogen) atoms. The summed E-state index contributed by atoms with van der Waals surface area (Å²) in [6.07, 6.45) is 1.51. The highest BCUT2D eigenvalue weighted by Crippen LogP contribution is 2.35. The number of hydrogen-bond acceptors (Lipinski definition) is 6. The number of aromatic nitrogens is 2. The number of nitrogens with zero attached hydrogens (tertiary/aromatic N) is 3. The van der Waals surface area contributed by atoms with E-state index in [1.807, 2.05) is 13.0 Å². The molecular formula is C13H14N4OS. The van der Waals surface area contributed by atoms with Crippen LogP contribution in [0.1, 0.15) is 34.2 Å². The van der Waals surface area contributed by atoms with Crippen molar-refractivity contribution in [3.63, 3.8) is 0 Å². The highest BCUT2D eigenvalue weighted by Gasteiger charge is 2.29. The van der Waals surface area contributed by atoms with E-state index in [1.165, 1.54) is 4.88 Å². The summed E-state index contributed by atoms with van der Waals surface area (Å²) in [5, 5.41) is 14.7. The average molecular weight is 274 g/mol. The first kappa shape index (κ1) is 12.1. The van der Waals surface area contributed by atoms with E-state index in [9.17, 15) is 5.21 Å². The Hall–Kier alpha value is -1.95. The Balaban J connectivity index is 2.09. The SMILES string of the molecule is Cc1nc(N)nc2c1/C(=N/O)CC(c1cccs1)C2. The van der Waals surface area contributed by atoms with Gasteiger partial charge in [0.25, 0.3) is 0 Å². The molecule has 0 bridgehead atoms. The molecule has 0 saturated heterocycles. The molecule has 2 aromatic heterocycles. The molecule has 1 atom stereocenters. The number of hydrogen-bond donors (Lipinski definition) is 2. The van der Waals surface area contributed by atoms with Crippen LogP contribution in [0.25, 0.3) is 0 Å². The van der Waals surface area contributed by atoms with Crippen LogP contribution in [0.15, 0.2) is 22.7 Å². The molecule has 0 radical (unpaired) electrons. The maximum atomic E-state index is 9.25. The van der Waals surface area contributed by atoms with Gasteiger partial charge in [0, 0.05) is 22.8 Å². The van der Waals surface area contributed by atoms with Crippen molar-refractivity contribution >= 4 is 23.0 Å². The number of aryl methyl sites for hydroxylation is 1. The summed E-state index contributed by atoms with van der Waals surface area (Å²) in [6.45, 7) is 1.87. The van der Waals surface area contributed by atoms with Crippen LogP contribution >= 0.6 is 11.3 Å². The van der Waals surface area contributed by atoms with Gasteiger partial charge in [-0.3, -0.25) is 0 Å². The highest BCUT2D eigenvalue weighted by atomic mass is 32.1. The third-order valence-electron chi connectivity index (χ3n) is 3.42. The van der Waals surface area contributed by atoms with Crippen molar-refractivity contribution in [1.82, 2.24) is 9.97 Å². The number of anilines is 1. The molecule has 0 fully saturated rings. The topological polar surface area (TPSA) is 84.4 Å². The molecule has 0 aromatic carbocycles. The fraction of sp³-hybridized carbons (Fsp3) is 0.308. The molecular weight excluding hydrogens is 260 g/mol. The summed E-state index contributed by atoms with van der Waals surface area (Å²) in [5.41, 5.74) is 8.87. The Labute approximate surface area is 114 Å². The van der Waals surface area contributed by atoms with Gasteiger partial charge in [-0.15, -0.1) is 11.3 Å². The zero-order valence-corrected chi connectivity index (χ0v) is 11.3. The van der Waals surface area contributed by atoms with Crippen LogP contribution in [0, 0.1) is 6.92 Å². The fourth-order valence-corrected chi connectivity index (χ4v) is 3.47.